The summed E-state index contributed by atoms with van der Waals surface area (Å²) in [6, 6.07) is 0.356. The Morgan fingerprint density at radius 3 is 2.43 bits per heavy atom. The highest BCUT2D eigenvalue weighted by Crippen LogP contribution is 2.27. The smallest absolute Gasteiger partial charge is 0.234 e. The molecule has 0 atom stereocenters. The number of carbonyl (C=O) groups excluding carboxylic acids is 1. The Morgan fingerprint density at radius 1 is 1.19 bits per heavy atom. The molecule has 1 heterocycles. The maximum Gasteiger partial charge on any atom is 0.234 e. The number of nitrogens with zero attached hydrogens (tertiary/aromatic N) is 1. The van der Waals surface area contributed by atoms with Gasteiger partial charge in [-0.2, -0.15) is 0 Å². The van der Waals surface area contributed by atoms with E-state index in [9.17, 15) is 4.79 Å². The number of nitrogens with one attached hydrogen (secondary N) is 2. The molecule has 0 bridgehead atoms. The van der Waals surface area contributed by atoms with Crippen LogP contribution in [-0.4, -0.2) is 63.3 Å². The number of methoxy groups -OCH3 is 1. The van der Waals surface area contributed by atoms with Gasteiger partial charge in [0.2, 0.25) is 5.91 Å². The topological polar surface area (TPSA) is 53.6 Å². The first-order chi connectivity index (χ1) is 9.28. The molecule has 21 heavy (non-hydrogen) atoms. The van der Waals surface area contributed by atoms with Crippen molar-refractivity contribution >= 4 is 30.7 Å². The number of amides is 1. The summed E-state index contributed by atoms with van der Waals surface area (Å²) < 4.78 is 5.08. The number of likely N-dealkylation sites (tertiary alicyclic amines) is 1. The van der Waals surface area contributed by atoms with E-state index in [1.165, 1.54) is 12.8 Å². The predicted octanol–water partition coefficient (Wildman–Crippen LogP) is 1.06. The van der Waals surface area contributed by atoms with Gasteiger partial charge in [0.25, 0.3) is 0 Å². The SMILES string of the molecule is COCCN1CCC(NC(=O)CNCC2CC2)CC1.Cl.Cl. The minimum Gasteiger partial charge on any atom is -0.383 e. The van der Waals surface area contributed by atoms with Gasteiger partial charge in [-0.25, -0.2) is 0 Å². The minimum absolute atomic E-state index is 0. The van der Waals surface area contributed by atoms with Crippen LogP contribution < -0.4 is 10.6 Å². The van der Waals surface area contributed by atoms with Crippen LogP contribution in [0.15, 0.2) is 0 Å². The monoisotopic (exact) mass is 341 g/mol. The number of hydrogen-bond donors (Lipinski definition) is 2. The van der Waals surface area contributed by atoms with Gasteiger partial charge >= 0.3 is 0 Å². The molecule has 0 aromatic rings. The van der Waals surface area contributed by atoms with Crippen molar-refractivity contribution in [3.05, 3.63) is 0 Å². The van der Waals surface area contributed by atoms with E-state index in [4.69, 9.17) is 4.74 Å². The highest BCUT2D eigenvalue weighted by atomic mass is 35.5. The van der Waals surface area contributed by atoms with Crippen molar-refractivity contribution in [2.24, 2.45) is 5.92 Å². The molecule has 7 heteroatoms. The molecule has 2 N–H and O–H groups in total. The van der Waals surface area contributed by atoms with E-state index in [0.717, 1.165) is 51.5 Å². The molecule has 2 rings (SSSR count). The lowest BCUT2D eigenvalue weighted by Gasteiger charge is -2.32. The van der Waals surface area contributed by atoms with Crippen LogP contribution in [0, 0.1) is 5.92 Å². The molecular weight excluding hydrogens is 313 g/mol. The molecule has 0 aromatic heterocycles. The van der Waals surface area contributed by atoms with E-state index < -0.39 is 0 Å². The Kier molecular flexibility index (Phi) is 11.5. The summed E-state index contributed by atoms with van der Waals surface area (Å²) in [7, 11) is 1.74. The first-order valence-electron chi connectivity index (χ1n) is 7.49. The average molecular weight is 342 g/mol. The quantitative estimate of drug-likeness (QED) is 0.693. The number of hydrogen-bond acceptors (Lipinski definition) is 4. The van der Waals surface area contributed by atoms with Crippen LogP contribution in [0.25, 0.3) is 0 Å². The summed E-state index contributed by atoms with van der Waals surface area (Å²) in [5.74, 6) is 0.979. The van der Waals surface area contributed by atoms with Crippen molar-refractivity contribution in [3.63, 3.8) is 0 Å². The van der Waals surface area contributed by atoms with E-state index in [0.29, 0.717) is 12.6 Å². The fourth-order valence-corrected chi connectivity index (χ4v) is 2.51. The molecule has 1 aliphatic carbocycles. The normalized spacial score (nSPS) is 19.5. The third-order valence-corrected chi connectivity index (χ3v) is 3.98. The molecule has 5 nitrogen and oxygen atoms in total. The number of halogens is 2. The summed E-state index contributed by atoms with van der Waals surface area (Å²) in [5, 5.41) is 6.36. The van der Waals surface area contributed by atoms with Crippen molar-refractivity contribution in [3.8, 4) is 0 Å². The Hall–Kier alpha value is -0.0700. The zero-order valence-electron chi connectivity index (χ0n) is 12.8. The van der Waals surface area contributed by atoms with Gasteiger partial charge in [-0.1, -0.05) is 0 Å². The van der Waals surface area contributed by atoms with Gasteiger partial charge in [-0.3, -0.25) is 4.79 Å². The first-order valence-corrected chi connectivity index (χ1v) is 7.49. The maximum absolute atomic E-state index is 11.8. The van der Waals surface area contributed by atoms with Gasteiger partial charge in [-0.05, 0) is 38.1 Å². The third kappa shape index (κ3) is 8.83. The summed E-state index contributed by atoms with van der Waals surface area (Å²) in [5.41, 5.74) is 0. The Morgan fingerprint density at radius 2 is 1.86 bits per heavy atom. The average Bonchev–Trinajstić information content (AvgIpc) is 3.22. The summed E-state index contributed by atoms with van der Waals surface area (Å²) in [4.78, 5) is 14.2. The van der Waals surface area contributed by atoms with Crippen molar-refractivity contribution in [1.82, 2.24) is 15.5 Å². The molecule has 1 aliphatic heterocycles. The van der Waals surface area contributed by atoms with Crippen LogP contribution in [0.2, 0.25) is 0 Å². The summed E-state index contributed by atoms with van der Waals surface area (Å²) in [6.45, 7) is 5.39. The minimum atomic E-state index is 0. The number of piperidine rings is 1. The van der Waals surface area contributed by atoms with Gasteiger partial charge in [0.05, 0.1) is 13.2 Å². The second-order valence-corrected chi connectivity index (χ2v) is 5.75. The summed E-state index contributed by atoms with van der Waals surface area (Å²) in [6.07, 6.45) is 4.76. The van der Waals surface area contributed by atoms with Gasteiger partial charge in [0, 0.05) is 32.8 Å². The second-order valence-electron chi connectivity index (χ2n) is 5.75. The van der Waals surface area contributed by atoms with E-state index in [1.807, 2.05) is 0 Å². The lowest BCUT2D eigenvalue weighted by Crippen LogP contribution is -2.47. The first kappa shape index (κ1) is 20.9. The largest absolute Gasteiger partial charge is 0.383 e. The molecule has 2 aliphatic rings. The number of carbonyl (C=O) groups is 1. The standard InChI is InChI=1S/C14H27N3O2.2ClH/c1-19-9-8-17-6-4-13(5-7-17)16-14(18)11-15-10-12-2-3-12;;/h12-13,15H,2-11H2,1H3,(H,16,18);2*1H. The molecule has 0 radical (unpaired) electrons. The molecule has 1 saturated heterocycles. The van der Waals surface area contributed by atoms with E-state index >= 15 is 0 Å². The van der Waals surface area contributed by atoms with Crippen LogP contribution in [0.5, 0.6) is 0 Å². The number of rotatable bonds is 8. The zero-order chi connectivity index (χ0) is 13.5. The van der Waals surface area contributed by atoms with Crippen molar-refractivity contribution in [2.75, 3.05) is 46.4 Å². The molecular formula is C14H29Cl2N3O2. The van der Waals surface area contributed by atoms with Crippen LogP contribution in [0.3, 0.4) is 0 Å². The van der Waals surface area contributed by atoms with Crippen molar-refractivity contribution in [1.29, 1.82) is 0 Å². The van der Waals surface area contributed by atoms with Crippen LogP contribution in [0.1, 0.15) is 25.7 Å². The van der Waals surface area contributed by atoms with Gasteiger partial charge in [0.15, 0.2) is 0 Å². The zero-order valence-corrected chi connectivity index (χ0v) is 14.4. The summed E-state index contributed by atoms with van der Waals surface area (Å²) >= 11 is 0. The van der Waals surface area contributed by atoms with E-state index in [2.05, 4.69) is 15.5 Å². The predicted molar refractivity (Wildman–Crippen MR) is 89.6 cm³/mol. The maximum atomic E-state index is 11.8. The molecule has 1 amide bonds. The fourth-order valence-electron chi connectivity index (χ4n) is 2.51. The van der Waals surface area contributed by atoms with Gasteiger partial charge < -0.3 is 20.3 Å². The molecule has 0 aromatic carbocycles. The van der Waals surface area contributed by atoms with Gasteiger partial charge in [0.1, 0.15) is 0 Å². The van der Waals surface area contributed by atoms with E-state index in [-0.39, 0.29) is 30.7 Å². The third-order valence-electron chi connectivity index (χ3n) is 3.98. The Labute approximate surface area is 140 Å². The Balaban J connectivity index is 0.00000200. The molecule has 126 valence electrons. The van der Waals surface area contributed by atoms with Gasteiger partial charge in [-0.15, -0.1) is 24.8 Å². The molecule has 2 fully saturated rings. The van der Waals surface area contributed by atoms with Crippen molar-refractivity contribution < 1.29 is 9.53 Å². The molecule has 1 saturated carbocycles. The number of ether oxygens (including phenoxy) is 1. The molecule has 0 unspecified atom stereocenters. The highest BCUT2D eigenvalue weighted by molar-refractivity contribution is 5.85. The van der Waals surface area contributed by atoms with Crippen molar-refractivity contribution in [2.45, 2.75) is 31.7 Å². The van der Waals surface area contributed by atoms with Crippen LogP contribution in [0.4, 0.5) is 0 Å². The van der Waals surface area contributed by atoms with Crippen LogP contribution >= 0.6 is 24.8 Å². The van der Waals surface area contributed by atoms with Crippen LogP contribution in [-0.2, 0) is 9.53 Å². The molecule has 0 spiro atoms. The lowest BCUT2D eigenvalue weighted by atomic mass is 10.1. The van der Waals surface area contributed by atoms with E-state index in [1.54, 1.807) is 7.11 Å². The second kappa shape index (κ2) is 11.5. The Bertz CT molecular complexity index is 283. The fraction of sp³-hybridized carbons (Fsp3) is 0.929. The highest BCUT2D eigenvalue weighted by Gasteiger charge is 2.22. The lowest BCUT2D eigenvalue weighted by molar-refractivity contribution is -0.121.